The highest BCUT2D eigenvalue weighted by Crippen LogP contribution is 2.37. The molecular formula is C29H28N4O5S. The quantitative estimate of drug-likeness (QED) is 0.0975. The number of fused-ring (bicyclic) bond motifs is 1. The van der Waals surface area contributed by atoms with Crippen LogP contribution in [0.25, 0.3) is 0 Å². The molecule has 2 aromatic carbocycles. The smallest absolute Gasteiger partial charge is 0.343 e. The maximum absolute atomic E-state index is 12.4. The van der Waals surface area contributed by atoms with Crippen molar-refractivity contribution in [2.24, 2.45) is 5.10 Å². The molecule has 1 aliphatic rings. The molecule has 0 aliphatic heterocycles. The molecule has 3 aromatic rings. The van der Waals surface area contributed by atoms with E-state index < -0.39 is 17.8 Å². The number of carbonyl (C=O) groups excluding carboxylic acids is 3. The van der Waals surface area contributed by atoms with E-state index in [1.807, 2.05) is 0 Å². The molecule has 0 unspecified atom stereocenters. The molecule has 4 rings (SSSR count). The van der Waals surface area contributed by atoms with Gasteiger partial charge in [-0.2, -0.15) is 10.4 Å². The Morgan fingerprint density at radius 1 is 1.03 bits per heavy atom. The Bertz CT molecular complexity index is 1410. The van der Waals surface area contributed by atoms with Crippen LogP contribution in [0.4, 0.5) is 5.00 Å². The van der Waals surface area contributed by atoms with Gasteiger partial charge in [0.2, 0.25) is 0 Å². The van der Waals surface area contributed by atoms with Gasteiger partial charge < -0.3 is 14.8 Å². The molecule has 0 bridgehead atoms. The first-order valence-electron chi connectivity index (χ1n) is 12.7. The Morgan fingerprint density at radius 3 is 2.46 bits per heavy atom. The molecule has 2 amide bonds. The number of hydrogen-bond donors (Lipinski definition) is 2. The number of unbranched alkanes of at least 4 members (excludes halogenated alkanes) is 1. The summed E-state index contributed by atoms with van der Waals surface area (Å²) in [7, 11) is 0. The number of rotatable bonds is 9. The van der Waals surface area contributed by atoms with Gasteiger partial charge in [0.25, 0.3) is 0 Å². The van der Waals surface area contributed by atoms with E-state index in [-0.39, 0.29) is 0 Å². The largest absolute Gasteiger partial charge is 0.494 e. The van der Waals surface area contributed by atoms with Gasteiger partial charge in [-0.3, -0.25) is 9.59 Å². The Morgan fingerprint density at radius 2 is 1.74 bits per heavy atom. The molecule has 0 fully saturated rings. The van der Waals surface area contributed by atoms with Gasteiger partial charge in [-0.1, -0.05) is 13.3 Å². The first-order chi connectivity index (χ1) is 19.0. The molecule has 0 radical (unpaired) electrons. The van der Waals surface area contributed by atoms with Crippen molar-refractivity contribution in [3.63, 3.8) is 0 Å². The average Bonchev–Trinajstić information content (AvgIpc) is 3.31. The van der Waals surface area contributed by atoms with Crippen LogP contribution in [0.15, 0.2) is 53.6 Å². The molecule has 1 aromatic heterocycles. The van der Waals surface area contributed by atoms with E-state index in [2.05, 4.69) is 28.8 Å². The van der Waals surface area contributed by atoms with Gasteiger partial charge in [0.1, 0.15) is 22.6 Å². The SMILES string of the molecule is CCCCOc1ccc(C(=O)Oc2ccc(/C=N/NC(=O)C(=O)Nc3sc4c(c3C#N)CCCC4)cc2)cc1. The van der Waals surface area contributed by atoms with Crippen molar-refractivity contribution >= 4 is 40.3 Å². The van der Waals surface area contributed by atoms with Gasteiger partial charge >= 0.3 is 17.8 Å². The topological polar surface area (TPSA) is 130 Å². The third kappa shape index (κ3) is 7.30. The van der Waals surface area contributed by atoms with Crippen molar-refractivity contribution in [3.8, 4) is 17.6 Å². The molecule has 9 nitrogen and oxygen atoms in total. The Kier molecular flexibility index (Phi) is 9.43. The number of amides is 2. The Hall–Kier alpha value is -4.49. The zero-order chi connectivity index (χ0) is 27.6. The lowest BCUT2D eigenvalue weighted by molar-refractivity contribution is -0.136. The van der Waals surface area contributed by atoms with Crippen LogP contribution in [0.2, 0.25) is 0 Å². The molecule has 1 heterocycles. The molecule has 0 saturated heterocycles. The number of hydrogen-bond acceptors (Lipinski definition) is 8. The van der Waals surface area contributed by atoms with Crippen LogP contribution in [0.3, 0.4) is 0 Å². The number of benzene rings is 2. The maximum atomic E-state index is 12.4. The van der Waals surface area contributed by atoms with Crippen LogP contribution < -0.4 is 20.2 Å². The summed E-state index contributed by atoms with van der Waals surface area (Å²) < 4.78 is 11.0. The van der Waals surface area contributed by atoms with Crippen LogP contribution in [0, 0.1) is 11.3 Å². The van der Waals surface area contributed by atoms with Crippen LogP contribution in [-0.4, -0.2) is 30.6 Å². The maximum Gasteiger partial charge on any atom is 0.343 e. The number of aryl methyl sites for hydroxylation is 1. The lowest BCUT2D eigenvalue weighted by Crippen LogP contribution is -2.32. The van der Waals surface area contributed by atoms with E-state index in [4.69, 9.17) is 9.47 Å². The highest BCUT2D eigenvalue weighted by molar-refractivity contribution is 7.16. The van der Waals surface area contributed by atoms with Gasteiger partial charge in [-0.05, 0) is 91.8 Å². The minimum atomic E-state index is -0.950. The van der Waals surface area contributed by atoms with Gasteiger partial charge in [-0.25, -0.2) is 10.2 Å². The van der Waals surface area contributed by atoms with Crippen molar-refractivity contribution in [3.05, 3.63) is 75.7 Å². The van der Waals surface area contributed by atoms with E-state index in [1.54, 1.807) is 48.5 Å². The number of esters is 1. The fourth-order valence-corrected chi connectivity index (χ4v) is 5.19. The van der Waals surface area contributed by atoms with Crippen molar-refractivity contribution in [2.45, 2.75) is 45.4 Å². The van der Waals surface area contributed by atoms with Crippen molar-refractivity contribution in [1.82, 2.24) is 5.43 Å². The lowest BCUT2D eigenvalue weighted by atomic mass is 9.96. The summed E-state index contributed by atoms with van der Waals surface area (Å²) in [4.78, 5) is 38.0. The van der Waals surface area contributed by atoms with Crippen LogP contribution in [-0.2, 0) is 22.4 Å². The zero-order valence-electron chi connectivity index (χ0n) is 21.5. The predicted molar refractivity (Wildman–Crippen MR) is 148 cm³/mol. The molecular weight excluding hydrogens is 516 g/mol. The number of nitrogens with one attached hydrogen (secondary N) is 2. The van der Waals surface area contributed by atoms with E-state index in [0.717, 1.165) is 49.0 Å². The minimum Gasteiger partial charge on any atom is -0.494 e. The first-order valence-corrected chi connectivity index (χ1v) is 13.5. The summed E-state index contributed by atoms with van der Waals surface area (Å²) in [5, 5.41) is 16.3. The van der Waals surface area contributed by atoms with Crippen LogP contribution in [0.5, 0.6) is 11.5 Å². The summed E-state index contributed by atoms with van der Waals surface area (Å²) in [5.41, 5.74) is 4.61. The number of carbonyl (C=O) groups is 3. The number of ether oxygens (including phenoxy) is 2. The standard InChI is InChI=1S/C29H28N4O5S/c1-2-3-16-37-21-14-10-20(11-15-21)29(36)38-22-12-8-19(9-13-22)18-31-33-27(35)26(34)32-28-24(17-30)23-6-4-5-7-25(23)39-28/h8-15,18H,2-7,16H2,1H3,(H,32,34)(H,33,35)/b31-18+. The summed E-state index contributed by atoms with van der Waals surface area (Å²) in [6.45, 7) is 2.72. The van der Waals surface area contributed by atoms with Crippen molar-refractivity contribution in [2.75, 3.05) is 11.9 Å². The summed E-state index contributed by atoms with van der Waals surface area (Å²) >= 11 is 1.35. The summed E-state index contributed by atoms with van der Waals surface area (Å²) in [6, 6.07) is 15.4. The second-order valence-corrected chi connectivity index (χ2v) is 9.97. The van der Waals surface area contributed by atoms with Gasteiger partial charge in [0, 0.05) is 4.88 Å². The van der Waals surface area contributed by atoms with E-state index >= 15 is 0 Å². The summed E-state index contributed by atoms with van der Waals surface area (Å²) in [5.74, 6) is -1.30. The lowest BCUT2D eigenvalue weighted by Gasteiger charge is -2.09. The van der Waals surface area contributed by atoms with Gasteiger partial charge in [-0.15, -0.1) is 11.3 Å². The molecule has 0 spiro atoms. The normalized spacial score (nSPS) is 12.3. The number of nitriles is 1. The first kappa shape index (κ1) is 27.5. The molecule has 200 valence electrons. The van der Waals surface area contributed by atoms with Gasteiger partial charge in [0.15, 0.2) is 0 Å². The van der Waals surface area contributed by atoms with E-state index in [0.29, 0.717) is 39.8 Å². The fraction of sp³-hybridized carbons (Fsp3) is 0.276. The molecule has 0 saturated carbocycles. The van der Waals surface area contributed by atoms with E-state index in [9.17, 15) is 19.6 Å². The van der Waals surface area contributed by atoms with Crippen molar-refractivity contribution in [1.29, 1.82) is 5.26 Å². The number of thiophene rings is 1. The summed E-state index contributed by atoms with van der Waals surface area (Å²) in [6.07, 6.45) is 7.11. The van der Waals surface area contributed by atoms with Crippen LogP contribution in [0.1, 0.15) is 64.5 Å². The third-order valence-electron chi connectivity index (χ3n) is 6.04. The minimum absolute atomic E-state index is 0.343. The number of hydrazone groups is 1. The zero-order valence-corrected chi connectivity index (χ0v) is 22.3. The highest BCUT2D eigenvalue weighted by Gasteiger charge is 2.23. The number of anilines is 1. The predicted octanol–water partition coefficient (Wildman–Crippen LogP) is 4.99. The molecule has 39 heavy (non-hydrogen) atoms. The Balaban J connectivity index is 1.26. The fourth-order valence-electron chi connectivity index (χ4n) is 3.96. The third-order valence-corrected chi connectivity index (χ3v) is 7.25. The van der Waals surface area contributed by atoms with Crippen LogP contribution >= 0.6 is 11.3 Å². The molecule has 0 atom stereocenters. The second kappa shape index (κ2) is 13.3. The molecule has 1 aliphatic carbocycles. The number of nitrogens with zero attached hydrogens (tertiary/aromatic N) is 2. The second-order valence-electron chi connectivity index (χ2n) is 8.87. The highest BCUT2D eigenvalue weighted by atomic mass is 32.1. The average molecular weight is 545 g/mol. The molecule has 2 N–H and O–H groups in total. The van der Waals surface area contributed by atoms with Crippen molar-refractivity contribution < 1.29 is 23.9 Å². The Labute approximate surface area is 230 Å². The van der Waals surface area contributed by atoms with E-state index in [1.165, 1.54) is 17.6 Å². The van der Waals surface area contributed by atoms with Gasteiger partial charge in [0.05, 0.1) is 23.9 Å². The molecule has 10 heteroatoms. The monoisotopic (exact) mass is 544 g/mol.